The summed E-state index contributed by atoms with van der Waals surface area (Å²) in [6.07, 6.45) is 4.01. The number of imidazole rings is 1. The van der Waals surface area contributed by atoms with E-state index in [4.69, 9.17) is 0 Å². The third-order valence-electron chi connectivity index (χ3n) is 3.36. The Morgan fingerprint density at radius 3 is 3.11 bits per heavy atom. The Morgan fingerprint density at radius 2 is 2.26 bits per heavy atom. The molecule has 2 aromatic rings. The van der Waals surface area contributed by atoms with Crippen molar-refractivity contribution in [3.05, 3.63) is 48.0 Å². The molecule has 1 aliphatic rings. The molecule has 0 atom stereocenters. The molecule has 0 bridgehead atoms. The first-order chi connectivity index (χ1) is 9.22. The number of carbonyl (C=O) groups is 1. The van der Waals surface area contributed by atoms with E-state index < -0.39 is 0 Å². The van der Waals surface area contributed by atoms with Crippen molar-refractivity contribution < 1.29 is 9.90 Å². The molecule has 5 heteroatoms. The van der Waals surface area contributed by atoms with E-state index in [0.29, 0.717) is 19.5 Å². The second-order valence-corrected chi connectivity index (χ2v) is 4.70. The van der Waals surface area contributed by atoms with Crippen LogP contribution in [0.2, 0.25) is 0 Å². The van der Waals surface area contributed by atoms with Crippen LogP contribution in [0, 0.1) is 0 Å². The summed E-state index contributed by atoms with van der Waals surface area (Å²) in [6, 6.07) is 6.83. The van der Waals surface area contributed by atoms with Crippen molar-refractivity contribution in [1.82, 2.24) is 14.5 Å². The van der Waals surface area contributed by atoms with Gasteiger partial charge in [0.25, 0.3) is 0 Å². The van der Waals surface area contributed by atoms with Crippen LogP contribution in [-0.4, -0.2) is 32.0 Å². The maximum Gasteiger partial charge on any atom is 0.227 e. The minimum absolute atomic E-state index is 0.0693. The zero-order chi connectivity index (χ0) is 13.2. The maximum absolute atomic E-state index is 12.2. The number of fused-ring (bicyclic) bond motifs is 1. The normalized spacial score (nSPS) is 14.2. The average molecular weight is 257 g/mol. The molecule has 0 saturated heterocycles. The van der Waals surface area contributed by atoms with Gasteiger partial charge in [0.05, 0.1) is 13.0 Å². The van der Waals surface area contributed by atoms with Gasteiger partial charge in [0.15, 0.2) is 0 Å². The average Bonchev–Trinajstić information content (AvgIpc) is 2.85. The molecule has 0 aliphatic carbocycles. The van der Waals surface area contributed by atoms with Gasteiger partial charge in [-0.25, -0.2) is 4.98 Å². The van der Waals surface area contributed by atoms with Crippen LogP contribution in [0.5, 0.6) is 5.75 Å². The van der Waals surface area contributed by atoms with Gasteiger partial charge in [-0.2, -0.15) is 0 Å². The van der Waals surface area contributed by atoms with E-state index in [1.165, 1.54) is 0 Å². The number of amides is 1. The summed E-state index contributed by atoms with van der Waals surface area (Å²) in [7, 11) is 0. The Bertz CT molecular complexity index is 606. The van der Waals surface area contributed by atoms with Crippen LogP contribution in [0.15, 0.2) is 36.7 Å². The van der Waals surface area contributed by atoms with Crippen LogP contribution in [0.4, 0.5) is 0 Å². The van der Waals surface area contributed by atoms with Crippen molar-refractivity contribution in [3.63, 3.8) is 0 Å². The van der Waals surface area contributed by atoms with Crippen LogP contribution in [0.25, 0.3) is 0 Å². The van der Waals surface area contributed by atoms with Gasteiger partial charge in [-0.1, -0.05) is 12.1 Å². The van der Waals surface area contributed by atoms with Crippen molar-refractivity contribution >= 4 is 5.91 Å². The van der Waals surface area contributed by atoms with Crippen molar-refractivity contribution in [2.45, 2.75) is 19.5 Å². The molecule has 0 saturated carbocycles. The maximum atomic E-state index is 12.2. The summed E-state index contributed by atoms with van der Waals surface area (Å²) in [5.41, 5.74) is 0.832. The highest BCUT2D eigenvalue weighted by molar-refractivity contribution is 5.78. The highest BCUT2D eigenvalue weighted by Crippen LogP contribution is 2.15. The predicted molar refractivity (Wildman–Crippen MR) is 69.5 cm³/mol. The zero-order valence-corrected chi connectivity index (χ0v) is 10.5. The molecule has 98 valence electrons. The number of rotatable bonds is 2. The van der Waals surface area contributed by atoms with Crippen molar-refractivity contribution in [2.24, 2.45) is 0 Å². The van der Waals surface area contributed by atoms with Crippen LogP contribution in [-0.2, 0) is 24.3 Å². The minimum Gasteiger partial charge on any atom is -0.508 e. The quantitative estimate of drug-likeness (QED) is 0.878. The summed E-state index contributed by atoms with van der Waals surface area (Å²) in [5, 5.41) is 9.40. The third kappa shape index (κ3) is 2.45. The SMILES string of the molecule is O=C(Cc1cccc(O)c1)N1CCn2ccnc2C1. The fraction of sp³-hybridized carbons (Fsp3) is 0.286. The molecule has 2 heterocycles. The molecule has 1 aliphatic heterocycles. The molecule has 3 rings (SSSR count). The van der Waals surface area contributed by atoms with Crippen molar-refractivity contribution in [1.29, 1.82) is 0 Å². The minimum atomic E-state index is 0.0693. The second-order valence-electron chi connectivity index (χ2n) is 4.70. The fourth-order valence-electron chi connectivity index (χ4n) is 2.34. The number of aromatic hydroxyl groups is 1. The summed E-state index contributed by atoms with van der Waals surface area (Å²) in [4.78, 5) is 18.3. The fourth-order valence-corrected chi connectivity index (χ4v) is 2.34. The lowest BCUT2D eigenvalue weighted by Gasteiger charge is -2.27. The van der Waals surface area contributed by atoms with E-state index in [-0.39, 0.29) is 11.7 Å². The zero-order valence-electron chi connectivity index (χ0n) is 10.5. The van der Waals surface area contributed by atoms with Gasteiger partial charge in [0, 0.05) is 25.5 Å². The molecule has 1 aromatic carbocycles. The Balaban J connectivity index is 1.69. The van der Waals surface area contributed by atoms with Crippen LogP contribution in [0.1, 0.15) is 11.4 Å². The molecule has 5 nitrogen and oxygen atoms in total. The van der Waals surface area contributed by atoms with Gasteiger partial charge in [0.2, 0.25) is 5.91 Å². The molecule has 0 fully saturated rings. The van der Waals surface area contributed by atoms with E-state index in [2.05, 4.69) is 9.55 Å². The molecule has 1 amide bonds. The molecule has 1 N–H and O–H groups in total. The van der Waals surface area contributed by atoms with E-state index >= 15 is 0 Å². The van der Waals surface area contributed by atoms with E-state index in [1.807, 2.05) is 17.2 Å². The standard InChI is InChI=1S/C14H15N3O2/c18-12-3-1-2-11(8-12)9-14(19)17-7-6-16-5-4-15-13(16)10-17/h1-5,8,18H,6-7,9-10H2. The highest BCUT2D eigenvalue weighted by Gasteiger charge is 2.21. The van der Waals surface area contributed by atoms with E-state index in [9.17, 15) is 9.90 Å². The number of hydrogen-bond donors (Lipinski definition) is 1. The molecular formula is C14H15N3O2. The smallest absolute Gasteiger partial charge is 0.227 e. The van der Waals surface area contributed by atoms with Crippen LogP contribution >= 0.6 is 0 Å². The number of nitrogens with zero attached hydrogens (tertiary/aromatic N) is 3. The highest BCUT2D eigenvalue weighted by atomic mass is 16.3. The number of phenols is 1. The second kappa shape index (κ2) is 4.76. The van der Waals surface area contributed by atoms with Gasteiger partial charge in [-0.15, -0.1) is 0 Å². The van der Waals surface area contributed by atoms with Crippen molar-refractivity contribution in [2.75, 3.05) is 6.54 Å². The Hall–Kier alpha value is -2.30. The van der Waals surface area contributed by atoms with Gasteiger partial charge in [-0.05, 0) is 17.7 Å². The lowest BCUT2D eigenvalue weighted by atomic mass is 10.1. The molecule has 19 heavy (non-hydrogen) atoms. The molecule has 0 spiro atoms. The molecule has 0 unspecified atom stereocenters. The van der Waals surface area contributed by atoms with E-state index in [1.54, 1.807) is 24.4 Å². The first kappa shape index (κ1) is 11.8. The lowest BCUT2D eigenvalue weighted by Crippen LogP contribution is -2.39. The number of benzene rings is 1. The van der Waals surface area contributed by atoms with Gasteiger partial charge in [0.1, 0.15) is 11.6 Å². The Morgan fingerprint density at radius 1 is 1.37 bits per heavy atom. The first-order valence-corrected chi connectivity index (χ1v) is 6.28. The monoisotopic (exact) mass is 257 g/mol. The van der Waals surface area contributed by atoms with Crippen LogP contribution < -0.4 is 0 Å². The Kier molecular flexibility index (Phi) is 2.95. The van der Waals surface area contributed by atoms with Gasteiger partial charge in [-0.3, -0.25) is 4.79 Å². The topological polar surface area (TPSA) is 58.4 Å². The summed E-state index contributed by atoms with van der Waals surface area (Å²) in [6.45, 7) is 2.06. The first-order valence-electron chi connectivity index (χ1n) is 6.28. The number of carbonyl (C=O) groups excluding carboxylic acids is 1. The van der Waals surface area contributed by atoms with Gasteiger partial charge < -0.3 is 14.6 Å². The van der Waals surface area contributed by atoms with Crippen LogP contribution in [0.3, 0.4) is 0 Å². The molecular weight excluding hydrogens is 242 g/mol. The predicted octanol–water partition coefficient (Wildman–Crippen LogP) is 1.17. The van der Waals surface area contributed by atoms with E-state index in [0.717, 1.165) is 17.9 Å². The van der Waals surface area contributed by atoms with Crippen molar-refractivity contribution in [3.8, 4) is 5.75 Å². The largest absolute Gasteiger partial charge is 0.508 e. The molecule has 1 aromatic heterocycles. The lowest BCUT2D eigenvalue weighted by molar-refractivity contribution is -0.132. The number of phenolic OH excluding ortho intramolecular Hbond substituents is 1. The summed E-state index contributed by atoms with van der Waals surface area (Å²) in [5.74, 6) is 1.19. The van der Waals surface area contributed by atoms with Gasteiger partial charge >= 0.3 is 0 Å². The Labute approximate surface area is 111 Å². The number of aromatic nitrogens is 2. The molecule has 0 radical (unpaired) electrons. The summed E-state index contributed by atoms with van der Waals surface area (Å²) >= 11 is 0. The third-order valence-corrected chi connectivity index (χ3v) is 3.36. The number of hydrogen-bond acceptors (Lipinski definition) is 3. The summed E-state index contributed by atoms with van der Waals surface area (Å²) < 4.78 is 2.07.